The van der Waals surface area contributed by atoms with Crippen molar-refractivity contribution < 1.29 is 9.21 Å². The van der Waals surface area contributed by atoms with Crippen LogP contribution in [0, 0.1) is 0 Å². The smallest absolute Gasteiger partial charge is 0.291 e. The first-order valence-electron chi connectivity index (χ1n) is 9.76. The average Bonchev–Trinajstić information content (AvgIpc) is 3.31. The summed E-state index contributed by atoms with van der Waals surface area (Å²) >= 11 is 1.76. The third-order valence-corrected chi connectivity index (χ3v) is 6.96. The first kappa shape index (κ1) is 17.0. The summed E-state index contributed by atoms with van der Waals surface area (Å²) in [7, 11) is 0. The predicted octanol–water partition coefficient (Wildman–Crippen LogP) is 4.87. The van der Waals surface area contributed by atoms with Gasteiger partial charge in [0, 0.05) is 17.6 Å². The molecule has 0 spiro atoms. The minimum Gasteiger partial charge on any atom is -0.459 e. The number of rotatable bonds is 4. The molecule has 1 N–H and O–H groups in total. The van der Waals surface area contributed by atoms with Crippen LogP contribution in [0.2, 0.25) is 0 Å². The average molecular weight is 382 g/mol. The quantitative estimate of drug-likeness (QED) is 0.700. The molecular formula is C21H23N3O2S. The lowest BCUT2D eigenvalue weighted by molar-refractivity contribution is 0.0888. The fourth-order valence-electron chi connectivity index (χ4n) is 4.17. The van der Waals surface area contributed by atoms with E-state index in [2.05, 4.69) is 10.2 Å². The van der Waals surface area contributed by atoms with E-state index in [1.807, 2.05) is 18.2 Å². The SMILES string of the molecule is O=C(Nc1ccc2nc([C@H]3C[C@@H](N4CCCCC4)C3)sc2c1)c1ccco1. The maximum absolute atomic E-state index is 12.1. The van der Waals surface area contributed by atoms with Crippen LogP contribution in [0.1, 0.15) is 53.6 Å². The molecule has 3 aromatic rings. The van der Waals surface area contributed by atoms with Crippen LogP contribution >= 0.6 is 11.3 Å². The Morgan fingerprint density at radius 1 is 1.19 bits per heavy atom. The number of carbonyl (C=O) groups is 1. The molecule has 1 saturated heterocycles. The second kappa shape index (κ2) is 7.09. The number of hydrogen-bond donors (Lipinski definition) is 1. The topological polar surface area (TPSA) is 58.4 Å². The van der Waals surface area contributed by atoms with Crippen molar-refractivity contribution in [3.8, 4) is 0 Å². The summed E-state index contributed by atoms with van der Waals surface area (Å²) in [4.78, 5) is 19.7. The summed E-state index contributed by atoms with van der Waals surface area (Å²) in [6.07, 6.45) is 8.08. The molecule has 5 nitrogen and oxygen atoms in total. The number of nitrogens with one attached hydrogen (secondary N) is 1. The summed E-state index contributed by atoms with van der Waals surface area (Å²) in [5.41, 5.74) is 1.80. The second-order valence-electron chi connectivity index (χ2n) is 7.58. The number of thiazole rings is 1. The molecule has 27 heavy (non-hydrogen) atoms. The Balaban J connectivity index is 1.26. The van der Waals surface area contributed by atoms with E-state index in [9.17, 15) is 4.79 Å². The zero-order valence-corrected chi connectivity index (χ0v) is 16.0. The number of benzene rings is 1. The fourth-order valence-corrected chi connectivity index (χ4v) is 5.30. The van der Waals surface area contributed by atoms with Crippen LogP contribution in [0.15, 0.2) is 41.0 Å². The maximum atomic E-state index is 12.1. The molecule has 5 rings (SSSR count). The van der Waals surface area contributed by atoms with Crippen molar-refractivity contribution in [2.45, 2.75) is 44.1 Å². The van der Waals surface area contributed by atoms with Crippen LogP contribution in [0.4, 0.5) is 5.69 Å². The Morgan fingerprint density at radius 3 is 2.81 bits per heavy atom. The van der Waals surface area contributed by atoms with Crippen molar-refractivity contribution >= 4 is 33.1 Å². The second-order valence-corrected chi connectivity index (χ2v) is 8.65. The van der Waals surface area contributed by atoms with Crippen molar-refractivity contribution in [1.29, 1.82) is 0 Å². The number of nitrogens with zero attached hydrogens (tertiary/aromatic N) is 2. The molecule has 2 aromatic heterocycles. The zero-order valence-electron chi connectivity index (χ0n) is 15.2. The predicted molar refractivity (Wildman–Crippen MR) is 107 cm³/mol. The summed E-state index contributed by atoms with van der Waals surface area (Å²) < 4.78 is 6.28. The molecule has 1 aliphatic carbocycles. The first-order valence-corrected chi connectivity index (χ1v) is 10.6. The Labute approximate surface area is 162 Å². The van der Waals surface area contributed by atoms with E-state index in [-0.39, 0.29) is 5.91 Å². The van der Waals surface area contributed by atoms with Gasteiger partial charge in [-0.2, -0.15) is 0 Å². The van der Waals surface area contributed by atoms with Crippen LogP contribution in [0.25, 0.3) is 10.2 Å². The molecule has 1 amide bonds. The van der Waals surface area contributed by atoms with E-state index < -0.39 is 0 Å². The molecular weight excluding hydrogens is 358 g/mol. The Morgan fingerprint density at radius 2 is 2.04 bits per heavy atom. The minimum absolute atomic E-state index is 0.229. The van der Waals surface area contributed by atoms with Gasteiger partial charge in [-0.05, 0) is 69.1 Å². The van der Waals surface area contributed by atoms with E-state index in [0.717, 1.165) is 21.9 Å². The molecule has 0 radical (unpaired) electrons. The summed E-state index contributed by atoms with van der Waals surface area (Å²) in [6.45, 7) is 2.55. The third kappa shape index (κ3) is 3.39. The number of aromatic nitrogens is 1. The van der Waals surface area contributed by atoms with Gasteiger partial charge in [-0.1, -0.05) is 6.42 Å². The number of furan rings is 1. The molecule has 3 heterocycles. The normalized spacial score (nSPS) is 23.3. The Bertz CT molecular complexity index is 938. The lowest BCUT2D eigenvalue weighted by Gasteiger charge is -2.43. The first-order chi connectivity index (χ1) is 13.3. The molecule has 140 valence electrons. The molecule has 0 bridgehead atoms. The molecule has 2 aliphatic rings. The van der Waals surface area contributed by atoms with Crippen LogP contribution < -0.4 is 5.32 Å². The lowest BCUT2D eigenvalue weighted by atomic mass is 9.79. The molecule has 0 atom stereocenters. The lowest BCUT2D eigenvalue weighted by Crippen LogP contribution is -2.46. The van der Waals surface area contributed by atoms with E-state index in [1.165, 1.54) is 56.5 Å². The monoisotopic (exact) mass is 381 g/mol. The molecule has 6 heteroatoms. The third-order valence-electron chi connectivity index (χ3n) is 5.78. The summed E-state index contributed by atoms with van der Waals surface area (Å²) in [5.74, 6) is 0.682. The largest absolute Gasteiger partial charge is 0.459 e. The van der Waals surface area contributed by atoms with Crippen LogP contribution in [-0.4, -0.2) is 34.9 Å². The zero-order chi connectivity index (χ0) is 18.2. The highest BCUT2D eigenvalue weighted by Crippen LogP contribution is 2.43. The van der Waals surface area contributed by atoms with Crippen LogP contribution in [-0.2, 0) is 0 Å². The number of piperidine rings is 1. The van der Waals surface area contributed by atoms with Gasteiger partial charge in [0.25, 0.3) is 5.91 Å². The number of hydrogen-bond acceptors (Lipinski definition) is 5. The summed E-state index contributed by atoms with van der Waals surface area (Å²) in [6, 6.07) is 10.0. The number of anilines is 1. The van der Waals surface area contributed by atoms with Gasteiger partial charge in [0.05, 0.1) is 21.5 Å². The van der Waals surface area contributed by atoms with E-state index >= 15 is 0 Å². The molecule has 1 saturated carbocycles. The number of fused-ring (bicyclic) bond motifs is 1. The van der Waals surface area contributed by atoms with Gasteiger partial charge in [0.2, 0.25) is 0 Å². The van der Waals surface area contributed by atoms with Crippen molar-refractivity contribution in [2.75, 3.05) is 18.4 Å². The Hall–Kier alpha value is -2.18. The van der Waals surface area contributed by atoms with Gasteiger partial charge >= 0.3 is 0 Å². The molecule has 1 aliphatic heterocycles. The van der Waals surface area contributed by atoms with Gasteiger partial charge in [0.1, 0.15) is 0 Å². The van der Waals surface area contributed by atoms with Gasteiger partial charge in [-0.3, -0.25) is 4.79 Å². The molecule has 0 unspecified atom stereocenters. The van der Waals surface area contributed by atoms with E-state index in [0.29, 0.717) is 11.7 Å². The maximum Gasteiger partial charge on any atom is 0.291 e. The number of amides is 1. The highest BCUT2D eigenvalue weighted by molar-refractivity contribution is 7.18. The molecule has 2 fully saturated rings. The molecule has 1 aromatic carbocycles. The Kier molecular flexibility index (Phi) is 4.45. The number of likely N-dealkylation sites (tertiary alicyclic amines) is 1. The highest BCUT2D eigenvalue weighted by Gasteiger charge is 2.36. The van der Waals surface area contributed by atoms with Gasteiger partial charge in [0.15, 0.2) is 5.76 Å². The van der Waals surface area contributed by atoms with E-state index in [1.54, 1.807) is 23.5 Å². The van der Waals surface area contributed by atoms with Gasteiger partial charge in [-0.25, -0.2) is 4.98 Å². The van der Waals surface area contributed by atoms with Crippen molar-refractivity contribution in [1.82, 2.24) is 9.88 Å². The summed E-state index contributed by atoms with van der Waals surface area (Å²) in [5, 5.41) is 4.14. The van der Waals surface area contributed by atoms with Crippen LogP contribution in [0.3, 0.4) is 0 Å². The van der Waals surface area contributed by atoms with Gasteiger partial charge < -0.3 is 14.6 Å². The minimum atomic E-state index is -0.229. The number of carbonyl (C=O) groups excluding carboxylic acids is 1. The van der Waals surface area contributed by atoms with Crippen molar-refractivity contribution in [3.05, 3.63) is 47.4 Å². The highest BCUT2D eigenvalue weighted by atomic mass is 32.1. The van der Waals surface area contributed by atoms with E-state index in [4.69, 9.17) is 9.40 Å². The van der Waals surface area contributed by atoms with Crippen molar-refractivity contribution in [3.63, 3.8) is 0 Å². The van der Waals surface area contributed by atoms with Gasteiger partial charge in [-0.15, -0.1) is 11.3 Å². The van der Waals surface area contributed by atoms with Crippen LogP contribution in [0.5, 0.6) is 0 Å². The fraction of sp³-hybridized carbons (Fsp3) is 0.429. The standard InChI is InChI=1S/C21H23N3O2S/c25-20(18-5-4-10-26-18)22-15-6-7-17-19(13-15)27-21(23-17)14-11-16(12-14)24-8-2-1-3-9-24/h4-7,10,13-14,16H,1-3,8-9,11-12H2,(H,22,25)/t14-,16+. The van der Waals surface area contributed by atoms with Crippen molar-refractivity contribution in [2.24, 2.45) is 0 Å².